The molecule has 33 heavy (non-hydrogen) atoms. The largest absolute Gasteiger partial charge is 0.493 e. The molecule has 0 saturated carbocycles. The highest BCUT2D eigenvalue weighted by Gasteiger charge is 2.41. The van der Waals surface area contributed by atoms with E-state index in [0.29, 0.717) is 49.2 Å². The van der Waals surface area contributed by atoms with Crippen molar-refractivity contribution in [3.63, 3.8) is 0 Å². The lowest BCUT2D eigenvalue weighted by Gasteiger charge is -2.43. The number of nitrogens with two attached hydrogens (primary N) is 1. The van der Waals surface area contributed by atoms with Gasteiger partial charge < -0.3 is 15.6 Å². The van der Waals surface area contributed by atoms with Crippen LogP contribution in [0.5, 0.6) is 5.75 Å². The molecule has 3 heterocycles. The summed E-state index contributed by atoms with van der Waals surface area (Å²) in [5, 5.41) is 14.9. The first-order valence-electron chi connectivity index (χ1n) is 11.2. The lowest BCUT2D eigenvalue weighted by molar-refractivity contribution is -0.555. The minimum atomic E-state index is -0.814. The van der Waals surface area contributed by atoms with Crippen molar-refractivity contribution < 1.29 is 18.9 Å². The Morgan fingerprint density at radius 1 is 1.36 bits per heavy atom. The van der Waals surface area contributed by atoms with Crippen LogP contribution in [0.25, 0.3) is 0 Å². The van der Waals surface area contributed by atoms with E-state index in [0.717, 1.165) is 11.1 Å². The number of hydrogen-bond acceptors (Lipinski definition) is 7. The van der Waals surface area contributed by atoms with Crippen LogP contribution >= 0.6 is 11.6 Å². The number of β-amino-alcohol motifs (C(OH)–C–C–N with tert-alkyl or cyclic N) is 1. The summed E-state index contributed by atoms with van der Waals surface area (Å²) in [4.78, 5) is 10.6. The second-order valence-electron chi connectivity index (χ2n) is 9.45. The highest BCUT2D eigenvalue weighted by Crippen LogP contribution is 2.46. The van der Waals surface area contributed by atoms with Crippen LogP contribution in [0.2, 0.25) is 5.02 Å². The van der Waals surface area contributed by atoms with Gasteiger partial charge in [-0.2, -0.15) is 4.98 Å². The molecule has 0 bridgehead atoms. The standard InChI is InChI=1S/C23H31ClFN6O2/c1-6-33-20-15(13(3)31-22-17(12(2)29-31)21(26)27-11-28-22)7-16(24)19(25)18(20)14-8-30(9-14)10-23(4,5)32/h7,11-14,32H,6,8-10H2,1-5H3,(H2,26,27,28)/q+1. The molecule has 0 radical (unpaired) electrons. The summed E-state index contributed by atoms with van der Waals surface area (Å²) in [6.45, 7) is 11.4. The van der Waals surface area contributed by atoms with Gasteiger partial charge in [0.15, 0.2) is 0 Å². The van der Waals surface area contributed by atoms with Crippen molar-refractivity contribution in [2.45, 2.75) is 58.2 Å². The molecule has 178 valence electrons. The Morgan fingerprint density at radius 2 is 2.06 bits per heavy atom. The molecule has 4 rings (SSSR count). The van der Waals surface area contributed by atoms with Crippen molar-refractivity contribution in [1.29, 1.82) is 0 Å². The summed E-state index contributed by atoms with van der Waals surface area (Å²) in [5.41, 5.74) is 7.25. The summed E-state index contributed by atoms with van der Waals surface area (Å²) in [5.74, 6) is 0.987. The molecule has 1 aromatic carbocycles. The van der Waals surface area contributed by atoms with Gasteiger partial charge in [0.25, 0.3) is 0 Å². The molecule has 10 heteroatoms. The van der Waals surface area contributed by atoms with Gasteiger partial charge in [0.05, 0.1) is 17.2 Å². The second-order valence-corrected chi connectivity index (χ2v) is 9.86. The number of benzene rings is 1. The summed E-state index contributed by atoms with van der Waals surface area (Å²) in [7, 11) is 0. The Hall–Kier alpha value is -2.36. The smallest absolute Gasteiger partial charge is 0.354 e. The van der Waals surface area contributed by atoms with E-state index in [9.17, 15) is 5.11 Å². The zero-order chi connectivity index (χ0) is 24.1. The van der Waals surface area contributed by atoms with E-state index in [1.807, 2.05) is 20.8 Å². The van der Waals surface area contributed by atoms with Crippen LogP contribution < -0.4 is 10.5 Å². The second kappa shape index (κ2) is 8.77. The van der Waals surface area contributed by atoms with E-state index in [1.165, 1.54) is 6.33 Å². The van der Waals surface area contributed by atoms with Gasteiger partial charge in [-0.25, -0.2) is 4.39 Å². The van der Waals surface area contributed by atoms with E-state index < -0.39 is 11.4 Å². The Labute approximate surface area is 198 Å². The maximum absolute atomic E-state index is 15.3. The van der Waals surface area contributed by atoms with Gasteiger partial charge >= 0.3 is 5.82 Å². The molecule has 1 aromatic heterocycles. The number of azo groups is 2. The van der Waals surface area contributed by atoms with E-state index in [-0.39, 0.29) is 23.0 Å². The first kappa shape index (κ1) is 23.8. The summed E-state index contributed by atoms with van der Waals surface area (Å²) in [6.07, 6.45) is 1.42. The fourth-order valence-electron chi connectivity index (χ4n) is 4.76. The molecule has 2 aliphatic rings. The van der Waals surface area contributed by atoms with Gasteiger partial charge in [-0.1, -0.05) is 11.6 Å². The van der Waals surface area contributed by atoms with E-state index in [2.05, 4.69) is 14.9 Å². The van der Waals surface area contributed by atoms with Crippen molar-refractivity contribution in [2.24, 2.45) is 5.11 Å². The fraction of sp³-hybridized carbons (Fsp3) is 0.565. The molecule has 3 N–H and O–H groups in total. The normalized spacial score (nSPS) is 19.8. The molecule has 2 unspecified atom stereocenters. The molecule has 2 aliphatic heterocycles. The van der Waals surface area contributed by atoms with Gasteiger partial charge in [-0.3, -0.25) is 4.90 Å². The van der Waals surface area contributed by atoms with Gasteiger partial charge in [-0.05, 0) is 45.7 Å². The fourth-order valence-corrected chi connectivity index (χ4v) is 4.97. The number of aliphatic hydroxyl groups is 1. The van der Waals surface area contributed by atoms with E-state index in [4.69, 9.17) is 27.2 Å². The zero-order valence-corrected chi connectivity index (χ0v) is 20.4. The van der Waals surface area contributed by atoms with Gasteiger partial charge in [0.1, 0.15) is 35.0 Å². The topological polar surface area (TPSA) is 99.9 Å². The van der Waals surface area contributed by atoms with Crippen LogP contribution in [0.15, 0.2) is 17.5 Å². The minimum Gasteiger partial charge on any atom is -0.493 e. The summed E-state index contributed by atoms with van der Waals surface area (Å²) in [6, 6.07) is 1.09. The molecule has 0 spiro atoms. The molecule has 1 saturated heterocycles. The maximum Gasteiger partial charge on any atom is 0.354 e. The van der Waals surface area contributed by atoms with Gasteiger partial charge in [-0.15, -0.1) is 9.81 Å². The third-order valence-electron chi connectivity index (χ3n) is 6.14. The number of halogens is 2. The third kappa shape index (κ3) is 4.41. The summed E-state index contributed by atoms with van der Waals surface area (Å²) < 4.78 is 23.2. The van der Waals surface area contributed by atoms with E-state index in [1.54, 1.807) is 24.6 Å². The Balaban J connectivity index is 1.73. The molecule has 0 amide bonds. The first-order valence-corrected chi connectivity index (χ1v) is 11.6. The van der Waals surface area contributed by atoms with Gasteiger partial charge in [0.2, 0.25) is 6.33 Å². The quantitative estimate of drug-likeness (QED) is 0.575. The van der Waals surface area contributed by atoms with Crippen molar-refractivity contribution in [3.05, 3.63) is 39.9 Å². The lowest BCUT2D eigenvalue weighted by atomic mass is 9.86. The van der Waals surface area contributed by atoms with Crippen LogP contribution in [-0.2, 0) is 0 Å². The highest BCUT2D eigenvalue weighted by molar-refractivity contribution is 6.31. The van der Waals surface area contributed by atoms with Crippen LogP contribution in [-0.4, -0.2) is 56.5 Å². The lowest BCUT2D eigenvalue weighted by Crippen LogP contribution is -2.51. The highest BCUT2D eigenvalue weighted by atomic mass is 35.5. The maximum atomic E-state index is 15.3. The number of anilines is 1. The van der Waals surface area contributed by atoms with Crippen LogP contribution in [0.3, 0.4) is 0 Å². The van der Waals surface area contributed by atoms with Crippen LogP contribution in [0.1, 0.15) is 69.3 Å². The number of rotatable bonds is 7. The minimum absolute atomic E-state index is 0.0471. The number of aromatic nitrogens is 2. The van der Waals surface area contributed by atoms with E-state index >= 15 is 4.39 Å². The van der Waals surface area contributed by atoms with Gasteiger partial charge in [0, 0.05) is 36.7 Å². The number of nitrogens with zero attached hydrogens (tertiary/aromatic N) is 5. The van der Waals surface area contributed by atoms with Crippen LogP contribution in [0, 0.1) is 5.82 Å². The SMILES string of the molecule is CCOc1c(C(C)[N+]2=NC(C)c3c(N)ncnc32)cc(Cl)c(F)c1C1CN(CC(C)(C)O)C1. The predicted octanol–water partition coefficient (Wildman–Crippen LogP) is 4.35. The van der Waals surface area contributed by atoms with Crippen molar-refractivity contribution in [2.75, 3.05) is 32.0 Å². The monoisotopic (exact) mass is 477 g/mol. The predicted molar refractivity (Wildman–Crippen MR) is 124 cm³/mol. The average molecular weight is 478 g/mol. The number of nitrogen functional groups attached to an aromatic ring is 1. The Kier molecular flexibility index (Phi) is 6.32. The zero-order valence-electron chi connectivity index (χ0n) is 19.6. The summed E-state index contributed by atoms with van der Waals surface area (Å²) >= 11 is 6.39. The van der Waals surface area contributed by atoms with Crippen molar-refractivity contribution >= 4 is 23.2 Å². The molecule has 0 aliphatic carbocycles. The number of hydrogen-bond donors (Lipinski definition) is 2. The Bertz CT molecular complexity index is 1100. The molecular formula is C23H31ClFN6O2+. The number of likely N-dealkylation sites (tertiary alicyclic amines) is 1. The number of fused-ring (bicyclic) bond motifs is 1. The van der Waals surface area contributed by atoms with Crippen LogP contribution in [0.4, 0.5) is 16.0 Å². The molecule has 2 aromatic rings. The number of ether oxygens (including phenoxy) is 1. The molecule has 1 fully saturated rings. The average Bonchev–Trinajstić information content (AvgIpc) is 3.05. The molecule has 8 nitrogen and oxygen atoms in total. The Morgan fingerprint density at radius 3 is 2.70 bits per heavy atom. The van der Waals surface area contributed by atoms with Crippen molar-refractivity contribution in [1.82, 2.24) is 14.9 Å². The third-order valence-corrected chi connectivity index (χ3v) is 6.42. The van der Waals surface area contributed by atoms with Crippen molar-refractivity contribution in [3.8, 4) is 5.75 Å². The molecular weight excluding hydrogens is 447 g/mol. The first-order chi connectivity index (χ1) is 15.5. The molecule has 2 atom stereocenters.